The fourth-order valence-electron chi connectivity index (χ4n) is 1.15. The molecule has 1 aromatic heterocycles. The van der Waals surface area contributed by atoms with Crippen LogP contribution in [-0.4, -0.2) is 20.7 Å². The molecule has 2 N–H and O–H groups in total. The summed E-state index contributed by atoms with van der Waals surface area (Å²) in [4.78, 5) is 3.28. The van der Waals surface area contributed by atoms with Gasteiger partial charge in [0.25, 0.3) is 0 Å². The van der Waals surface area contributed by atoms with Crippen LogP contribution in [0.3, 0.4) is 0 Å². The number of imidazole rings is 1. The van der Waals surface area contributed by atoms with Crippen LogP contribution in [0.2, 0.25) is 0 Å². The van der Waals surface area contributed by atoms with Crippen molar-refractivity contribution in [3.8, 4) is 0 Å². The molecule has 0 aliphatic heterocycles. The molecule has 1 aromatic rings. The second-order valence-corrected chi connectivity index (χ2v) is 3.59. The zero-order chi connectivity index (χ0) is 11.6. The summed E-state index contributed by atoms with van der Waals surface area (Å²) in [6, 6.07) is 0. The van der Waals surface area contributed by atoms with Crippen LogP contribution in [-0.2, 0) is 6.54 Å². The van der Waals surface area contributed by atoms with Crippen LogP contribution < -0.4 is 5.73 Å². The predicted molar refractivity (Wildman–Crippen MR) is 53.3 cm³/mol. The van der Waals surface area contributed by atoms with Crippen molar-refractivity contribution in [2.75, 3.05) is 0 Å². The highest BCUT2D eigenvalue weighted by molar-refractivity contribution is 7.80. The number of nitrogens with two attached hydrogens (primary N) is 1. The Balaban J connectivity index is 2.86. The number of aryl methyl sites for hydroxylation is 1. The molecule has 0 radical (unpaired) electrons. The Bertz CT molecular complexity index is 358. The first-order valence-corrected chi connectivity index (χ1v) is 4.57. The van der Waals surface area contributed by atoms with E-state index in [4.69, 9.17) is 5.73 Å². The van der Waals surface area contributed by atoms with Crippen LogP contribution in [0.15, 0.2) is 12.4 Å². The molecule has 0 amide bonds. The van der Waals surface area contributed by atoms with Crippen molar-refractivity contribution in [2.45, 2.75) is 19.6 Å². The Labute approximate surface area is 90.1 Å². The Hall–Kier alpha value is -1.11. The molecule has 0 saturated heterocycles. The molecule has 15 heavy (non-hydrogen) atoms. The predicted octanol–water partition coefficient (Wildman–Crippen LogP) is 1.66. The van der Waals surface area contributed by atoms with Crippen molar-refractivity contribution in [1.29, 1.82) is 0 Å². The first-order valence-electron chi connectivity index (χ1n) is 4.16. The summed E-state index contributed by atoms with van der Waals surface area (Å²) >= 11 is 4.41. The summed E-state index contributed by atoms with van der Waals surface area (Å²) < 4.78 is 38.9. The molecule has 3 nitrogen and oxygen atoms in total. The molecule has 1 atom stereocenters. The van der Waals surface area contributed by atoms with Gasteiger partial charge in [-0.2, -0.15) is 13.2 Å². The summed E-state index contributed by atoms with van der Waals surface area (Å²) in [6.45, 7) is 1.30. The fourth-order valence-corrected chi connectivity index (χ4v) is 1.36. The topological polar surface area (TPSA) is 43.8 Å². The monoisotopic (exact) mass is 237 g/mol. The first-order chi connectivity index (χ1) is 6.82. The summed E-state index contributed by atoms with van der Waals surface area (Å²) in [5.74, 6) is -1.30. The zero-order valence-corrected chi connectivity index (χ0v) is 8.77. The van der Waals surface area contributed by atoms with Gasteiger partial charge < -0.3 is 10.3 Å². The minimum atomic E-state index is -4.41. The molecule has 0 aromatic carbocycles. The number of rotatable bonds is 3. The lowest BCUT2D eigenvalue weighted by Crippen LogP contribution is -2.37. The van der Waals surface area contributed by atoms with E-state index in [1.165, 1.54) is 17.0 Å². The van der Waals surface area contributed by atoms with Gasteiger partial charge in [0.15, 0.2) is 0 Å². The lowest BCUT2D eigenvalue weighted by atomic mass is 10.1. The summed E-state index contributed by atoms with van der Waals surface area (Å²) in [6.07, 6.45) is -1.52. The van der Waals surface area contributed by atoms with E-state index < -0.39 is 17.1 Å². The molecule has 0 aliphatic carbocycles. The number of nitrogens with zero attached hydrogens (tertiary/aromatic N) is 2. The molecule has 1 heterocycles. The van der Waals surface area contributed by atoms with Crippen molar-refractivity contribution in [3.63, 3.8) is 0 Å². The summed E-state index contributed by atoms with van der Waals surface area (Å²) in [7, 11) is 0. The molecule has 1 rings (SSSR count). The molecule has 0 saturated carbocycles. The van der Waals surface area contributed by atoms with Gasteiger partial charge in [-0.3, -0.25) is 0 Å². The third kappa shape index (κ3) is 2.92. The van der Waals surface area contributed by atoms with Gasteiger partial charge in [0.2, 0.25) is 0 Å². The average molecular weight is 237 g/mol. The molecule has 84 valence electrons. The third-order valence-electron chi connectivity index (χ3n) is 2.04. The Morgan fingerprint density at radius 2 is 2.27 bits per heavy atom. The van der Waals surface area contributed by atoms with Crippen LogP contribution in [0, 0.1) is 12.8 Å². The summed E-state index contributed by atoms with van der Waals surface area (Å²) in [5.41, 5.74) is 5.07. The fraction of sp³-hybridized carbons (Fsp3) is 0.500. The molecular weight excluding hydrogens is 227 g/mol. The first kappa shape index (κ1) is 12.0. The van der Waals surface area contributed by atoms with Gasteiger partial charge >= 0.3 is 6.18 Å². The lowest BCUT2D eigenvalue weighted by Gasteiger charge is -2.19. The SMILES string of the molecule is Cc1nccn1CC(C(N)=S)C(F)(F)F. The minimum absolute atomic E-state index is 0.315. The molecule has 0 spiro atoms. The summed E-state index contributed by atoms with van der Waals surface area (Å²) in [5, 5.41) is 0. The van der Waals surface area contributed by atoms with Crippen molar-refractivity contribution in [3.05, 3.63) is 18.2 Å². The van der Waals surface area contributed by atoms with E-state index in [0.717, 1.165) is 0 Å². The molecule has 1 unspecified atom stereocenters. The third-order valence-corrected chi connectivity index (χ3v) is 2.33. The van der Waals surface area contributed by atoms with Crippen molar-refractivity contribution in [2.24, 2.45) is 11.7 Å². The van der Waals surface area contributed by atoms with Gasteiger partial charge in [-0.25, -0.2) is 4.98 Å². The molecule has 0 bridgehead atoms. The normalized spacial score (nSPS) is 13.9. The molecule has 7 heteroatoms. The standard InChI is InChI=1S/C8H10F3N3S/c1-5-13-2-3-14(5)4-6(7(12)15)8(9,10)11/h2-3,6H,4H2,1H3,(H2,12,15). The highest BCUT2D eigenvalue weighted by Crippen LogP contribution is 2.28. The van der Waals surface area contributed by atoms with Crippen LogP contribution in [0.1, 0.15) is 5.82 Å². The van der Waals surface area contributed by atoms with Gasteiger partial charge in [0.1, 0.15) is 11.7 Å². The Kier molecular flexibility index (Phi) is 3.33. The van der Waals surface area contributed by atoms with Crippen molar-refractivity contribution in [1.82, 2.24) is 9.55 Å². The second kappa shape index (κ2) is 4.18. The lowest BCUT2D eigenvalue weighted by molar-refractivity contribution is -0.158. The van der Waals surface area contributed by atoms with E-state index in [-0.39, 0.29) is 6.54 Å². The van der Waals surface area contributed by atoms with E-state index in [2.05, 4.69) is 17.2 Å². The smallest absolute Gasteiger partial charge is 0.393 e. The van der Waals surface area contributed by atoms with Gasteiger partial charge in [-0.1, -0.05) is 12.2 Å². The number of thiocarbonyl (C=S) groups is 1. The van der Waals surface area contributed by atoms with Crippen LogP contribution in [0.4, 0.5) is 13.2 Å². The quantitative estimate of drug-likeness (QED) is 0.813. The number of halogens is 3. The number of aromatic nitrogens is 2. The van der Waals surface area contributed by atoms with Gasteiger partial charge in [0.05, 0.1) is 4.99 Å². The maximum atomic E-state index is 12.5. The van der Waals surface area contributed by atoms with E-state index >= 15 is 0 Å². The zero-order valence-electron chi connectivity index (χ0n) is 7.95. The van der Waals surface area contributed by atoms with E-state index in [0.29, 0.717) is 5.82 Å². The molecular formula is C8H10F3N3S. The molecule has 0 aliphatic rings. The van der Waals surface area contributed by atoms with Crippen LogP contribution >= 0.6 is 12.2 Å². The highest BCUT2D eigenvalue weighted by Gasteiger charge is 2.41. The second-order valence-electron chi connectivity index (χ2n) is 3.12. The van der Waals surface area contributed by atoms with Crippen molar-refractivity contribution < 1.29 is 13.2 Å². The van der Waals surface area contributed by atoms with Crippen molar-refractivity contribution >= 4 is 17.2 Å². The highest BCUT2D eigenvalue weighted by atomic mass is 32.1. The number of alkyl halides is 3. The maximum absolute atomic E-state index is 12.5. The number of hydrogen-bond acceptors (Lipinski definition) is 2. The van der Waals surface area contributed by atoms with Gasteiger partial charge in [-0.05, 0) is 6.92 Å². The average Bonchev–Trinajstić information content (AvgIpc) is 2.44. The Morgan fingerprint density at radius 3 is 2.60 bits per heavy atom. The Morgan fingerprint density at radius 1 is 1.67 bits per heavy atom. The van der Waals surface area contributed by atoms with Gasteiger partial charge in [-0.15, -0.1) is 0 Å². The van der Waals surface area contributed by atoms with Gasteiger partial charge in [0, 0.05) is 18.9 Å². The minimum Gasteiger partial charge on any atom is -0.393 e. The van der Waals surface area contributed by atoms with Crippen LogP contribution in [0.25, 0.3) is 0 Å². The largest absolute Gasteiger partial charge is 0.399 e. The van der Waals surface area contributed by atoms with E-state index in [1.807, 2.05) is 0 Å². The maximum Gasteiger partial charge on any atom is 0.399 e. The molecule has 0 fully saturated rings. The van der Waals surface area contributed by atoms with E-state index in [9.17, 15) is 13.2 Å². The van der Waals surface area contributed by atoms with Crippen LogP contribution in [0.5, 0.6) is 0 Å². The van der Waals surface area contributed by atoms with E-state index in [1.54, 1.807) is 6.92 Å². The number of hydrogen-bond donors (Lipinski definition) is 1.